The third kappa shape index (κ3) is 6.03. The molecule has 0 aromatic heterocycles. The van der Waals surface area contributed by atoms with Crippen molar-refractivity contribution in [3.8, 4) is 5.75 Å². The Morgan fingerprint density at radius 1 is 0.833 bits per heavy atom. The Kier molecular flexibility index (Phi) is 8.83. The molecule has 0 aliphatic heterocycles. The summed E-state index contributed by atoms with van der Waals surface area (Å²) < 4.78 is 18.1. The van der Waals surface area contributed by atoms with Gasteiger partial charge in [0.05, 0.1) is 0 Å². The molecule has 3 rings (SSSR count). The van der Waals surface area contributed by atoms with Gasteiger partial charge >= 0.3 is 7.60 Å². The molecule has 1 atom stereocenters. The summed E-state index contributed by atoms with van der Waals surface area (Å²) >= 11 is 0. The molecule has 0 amide bonds. The van der Waals surface area contributed by atoms with Crippen LogP contribution < -0.4 is 10.5 Å². The van der Waals surface area contributed by atoms with E-state index in [0.29, 0.717) is 12.8 Å². The van der Waals surface area contributed by atoms with Crippen molar-refractivity contribution in [3.05, 3.63) is 102 Å². The summed E-state index contributed by atoms with van der Waals surface area (Å²) in [5.74, 6) is -0.456. The number of hydrogen-bond acceptors (Lipinski definition) is 3. The maximum atomic E-state index is 11.5. The smallest absolute Gasteiger partial charge is 0.342 e. The van der Waals surface area contributed by atoms with E-state index in [4.69, 9.17) is 10.5 Å². The molecule has 0 saturated heterocycles. The van der Waals surface area contributed by atoms with E-state index in [9.17, 15) is 14.4 Å². The van der Waals surface area contributed by atoms with Crippen molar-refractivity contribution in [2.24, 2.45) is 5.73 Å². The molecule has 0 spiro atoms. The minimum absolute atomic E-state index is 0. The lowest BCUT2D eigenvalue weighted by molar-refractivity contribution is 0.0966. The molecular weight excluding hydrogens is 465 g/mol. The van der Waals surface area contributed by atoms with Gasteiger partial charge in [-0.15, -0.1) is 17.0 Å². The highest BCUT2D eigenvalue weighted by atomic mass is 79.9. The second-order valence-electron chi connectivity index (χ2n) is 7.02. The number of benzene rings is 3. The summed E-state index contributed by atoms with van der Waals surface area (Å²) in [6.07, 6.45) is 1.20. The summed E-state index contributed by atoms with van der Waals surface area (Å²) in [6.45, 7) is 0. The first kappa shape index (κ1) is 24.3. The zero-order chi connectivity index (χ0) is 20.7. The first-order valence-electron chi connectivity index (χ1n) is 9.58. The lowest BCUT2D eigenvalue weighted by Gasteiger charge is -2.36. The molecule has 0 bridgehead atoms. The van der Waals surface area contributed by atoms with Gasteiger partial charge in [0.1, 0.15) is 11.5 Å². The fraction of sp³-hybridized carbons (Fsp3) is 0.217. The zero-order valence-electron chi connectivity index (χ0n) is 16.5. The van der Waals surface area contributed by atoms with Crippen LogP contribution in [0.25, 0.3) is 0 Å². The van der Waals surface area contributed by atoms with Crippen molar-refractivity contribution in [2.45, 2.75) is 30.6 Å². The number of para-hydroxylation sites is 1. The predicted octanol–water partition coefficient (Wildman–Crippen LogP) is 5.22. The van der Waals surface area contributed by atoms with Crippen LogP contribution in [0.2, 0.25) is 0 Å². The van der Waals surface area contributed by atoms with Crippen LogP contribution in [0, 0.1) is 0 Å². The number of rotatable bonds is 9. The summed E-state index contributed by atoms with van der Waals surface area (Å²) in [6, 6.07) is 29.4. The molecule has 0 aliphatic carbocycles. The van der Waals surface area contributed by atoms with Crippen LogP contribution in [0.4, 0.5) is 0 Å². The minimum Gasteiger partial charge on any atom is -0.478 e. The van der Waals surface area contributed by atoms with Crippen molar-refractivity contribution in [2.75, 3.05) is 0 Å². The van der Waals surface area contributed by atoms with Crippen LogP contribution in [0.1, 0.15) is 30.4 Å². The zero-order valence-corrected chi connectivity index (χ0v) is 19.1. The Hall–Kier alpha value is -1.95. The Bertz CT molecular complexity index is 896. The summed E-state index contributed by atoms with van der Waals surface area (Å²) in [7, 11) is -4.31. The fourth-order valence-corrected chi connectivity index (χ4v) is 3.98. The van der Waals surface area contributed by atoms with E-state index < -0.39 is 19.0 Å². The lowest BCUT2D eigenvalue weighted by Crippen LogP contribution is -2.35. The van der Waals surface area contributed by atoms with E-state index in [1.165, 1.54) is 0 Å². The topological polar surface area (TPSA) is 92.8 Å². The van der Waals surface area contributed by atoms with Gasteiger partial charge in [0.25, 0.3) is 0 Å². The largest absolute Gasteiger partial charge is 0.478 e. The molecule has 160 valence electrons. The normalized spacial score (nSPS) is 12.6. The summed E-state index contributed by atoms with van der Waals surface area (Å²) in [5, 5.41) is 0. The maximum absolute atomic E-state index is 11.5. The van der Waals surface area contributed by atoms with Gasteiger partial charge in [0, 0.05) is 0 Å². The van der Waals surface area contributed by atoms with E-state index >= 15 is 0 Å². The van der Waals surface area contributed by atoms with Crippen molar-refractivity contribution in [1.29, 1.82) is 0 Å². The third-order valence-electron chi connectivity index (χ3n) is 4.98. The molecule has 30 heavy (non-hydrogen) atoms. The highest BCUT2D eigenvalue weighted by molar-refractivity contribution is 8.93. The van der Waals surface area contributed by atoms with Crippen LogP contribution in [0.5, 0.6) is 5.75 Å². The van der Waals surface area contributed by atoms with Crippen LogP contribution in [-0.4, -0.2) is 15.6 Å². The highest BCUT2D eigenvalue weighted by Gasteiger charge is 2.37. The Balaban J connectivity index is 0.00000320. The standard InChI is InChI=1S/C23H26NO4P.BrH/c24-22(29(25,26)27)17-10-18-23(19-11-4-1-5-12-19,20-13-6-2-7-14-20)28-21-15-8-3-9-16-21;/h1-9,11-16,22H,10,17-18,24H2,(H2,25,26,27);1H. The molecular formula is C23H27BrNO4P. The van der Waals surface area contributed by atoms with Crippen molar-refractivity contribution in [1.82, 2.24) is 0 Å². The molecule has 4 N–H and O–H groups in total. The average molecular weight is 492 g/mol. The number of hydrogen-bond donors (Lipinski definition) is 3. The van der Waals surface area contributed by atoms with Gasteiger partial charge in [0.2, 0.25) is 0 Å². The van der Waals surface area contributed by atoms with Gasteiger partial charge in [-0.25, -0.2) is 0 Å². The number of nitrogens with two attached hydrogens (primary N) is 1. The highest BCUT2D eigenvalue weighted by Crippen LogP contribution is 2.43. The fourth-order valence-electron chi connectivity index (χ4n) is 3.46. The maximum Gasteiger partial charge on any atom is 0.342 e. The van der Waals surface area contributed by atoms with E-state index in [0.717, 1.165) is 16.9 Å². The molecule has 7 heteroatoms. The molecule has 0 saturated carbocycles. The summed E-state index contributed by atoms with van der Waals surface area (Å²) in [4.78, 5) is 18.7. The van der Waals surface area contributed by atoms with Crippen LogP contribution in [0.15, 0.2) is 91.0 Å². The van der Waals surface area contributed by atoms with Gasteiger partial charge in [-0.1, -0.05) is 78.9 Å². The predicted molar refractivity (Wildman–Crippen MR) is 125 cm³/mol. The molecule has 3 aromatic carbocycles. The third-order valence-corrected chi connectivity index (χ3v) is 6.10. The van der Waals surface area contributed by atoms with Gasteiger partial charge in [-0.3, -0.25) is 4.57 Å². The second kappa shape index (κ2) is 10.9. The number of ether oxygens (including phenoxy) is 1. The SMILES string of the molecule is Br.NC(CCCC(Oc1ccccc1)(c1ccccc1)c1ccccc1)P(=O)(O)O. The van der Waals surface area contributed by atoms with E-state index in [1.54, 1.807) is 0 Å². The molecule has 0 aliphatic rings. The van der Waals surface area contributed by atoms with Crippen molar-refractivity contribution in [3.63, 3.8) is 0 Å². The van der Waals surface area contributed by atoms with Gasteiger partial charge in [0.15, 0.2) is 5.60 Å². The molecule has 0 fully saturated rings. The molecule has 3 aromatic rings. The van der Waals surface area contributed by atoms with Crippen LogP contribution in [-0.2, 0) is 10.2 Å². The molecule has 1 unspecified atom stereocenters. The van der Waals surface area contributed by atoms with Crippen LogP contribution in [0.3, 0.4) is 0 Å². The average Bonchev–Trinajstić information content (AvgIpc) is 2.74. The Morgan fingerprint density at radius 2 is 1.27 bits per heavy atom. The quantitative estimate of drug-likeness (QED) is 0.356. The second-order valence-corrected chi connectivity index (χ2v) is 8.86. The van der Waals surface area contributed by atoms with Gasteiger partial charge in [-0.05, 0) is 42.5 Å². The van der Waals surface area contributed by atoms with Gasteiger partial charge < -0.3 is 20.3 Å². The van der Waals surface area contributed by atoms with Gasteiger partial charge in [-0.2, -0.15) is 0 Å². The first-order valence-corrected chi connectivity index (χ1v) is 11.3. The van der Waals surface area contributed by atoms with E-state index in [2.05, 4.69) is 0 Å². The lowest BCUT2D eigenvalue weighted by atomic mass is 9.81. The van der Waals surface area contributed by atoms with Crippen molar-refractivity contribution < 1.29 is 19.1 Å². The molecule has 0 radical (unpaired) electrons. The van der Waals surface area contributed by atoms with E-state index in [-0.39, 0.29) is 23.4 Å². The Labute approximate surface area is 187 Å². The Morgan fingerprint density at radius 3 is 1.70 bits per heavy atom. The number of halogens is 1. The summed E-state index contributed by atoms with van der Waals surface area (Å²) in [5.41, 5.74) is 6.84. The van der Waals surface area contributed by atoms with Crippen molar-refractivity contribution >= 4 is 24.6 Å². The van der Waals surface area contributed by atoms with Crippen LogP contribution >= 0.6 is 24.6 Å². The first-order chi connectivity index (χ1) is 13.9. The minimum atomic E-state index is -4.31. The monoisotopic (exact) mass is 491 g/mol. The molecule has 0 heterocycles. The van der Waals surface area contributed by atoms with E-state index in [1.807, 2.05) is 91.0 Å². The molecule has 5 nitrogen and oxygen atoms in total.